The molecule has 2 aliphatic heterocycles. The van der Waals surface area contributed by atoms with Gasteiger partial charge in [0.15, 0.2) is 0 Å². The third kappa shape index (κ3) is 1.72. The second-order valence-electron chi connectivity index (χ2n) is 12.2. The summed E-state index contributed by atoms with van der Waals surface area (Å²) in [6.07, 6.45) is 19.1. The largest absolute Gasteiger partial charge is 0.374 e. The molecule has 6 aliphatic rings. The van der Waals surface area contributed by atoms with Crippen LogP contribution in [0.15, 0.2) is 0 Å². The molecule has 1 nitrogen and oxygen atoms in total. The standard InChI is InChI=1S/C24H38O/c1-21(2)13-18(14-24(21)12-16-5-6-17(24)11-16)22(3)9-4-10-23(22)15-19-7-8-20(23)25-19/h16-20H,4-15H2,1-3H3. The molecule has 0 radical (unpaired) electrons. The fourth-order valence-corrected chi connectivity index (χ4v) is 10.2. The SMILES string of the molecule is CC1(C)CC(C2(C)CCCC23CC2CCC3O2)CC12CC1CCC2C1. The van der Waals surface area contributed by atoms with E-state index in [1.165, 1.54) is 44.9 Å². The van der Waals surface area contributed by atoms with Crippen LogP contribution in [-0.4, -0.2) is 12.2 Å². The maximum absolute atomic E-state index is 6.48. The normalized spacial score (nSPS) is 61.3. The minimum atomic E-state index is 0.555. The fourth-order valence-electron chi connectivity index (χ4n) is 10.2. The second-order valence-corrected chi connectivity index (χ2v) is 12.2. The van der Waals surface area contributed by atoms with Crippen molar-refractivity contribution >= 4 is 0 Å². The first-order valence-corrected chi connectivity index (χ1v) is 11.5. The van der Waals surface area contributed by atoms with Crippen LogP contribution < -0.4 is 0 Å². The Hall–Kier alpha value is -0.0400. The zero-order valence-electron chi connectivity index (χ0n) is 16.8. The fraction of sp³-hybridized carbons (Fsp3) is 1.00. The molecule has 2 spiro atoms. The van der Waals surface area contributed by atoms with Gasteiger partial charge in [0.05, 0.1) is 12.2 Å². The summed E-state index contributed by atoms with van der Waals surface area (Å²) in [6, 6.07) is 0. The van der Waals surface area contributed by atoms with Crippen molar-refractivity contribution in [2.45, 2.75) is 110 Å². The molecule has 6 fully saturated rings. The molecule has 4 aliphatic carbocycles. The Morgan fingerprint density at radius 1 is 0.760 bits per heavy atom. The molecule has 2 saturated heterocycles. The van der Waals surface area contributed by atoms with Crippen LogP contribution in [0.25, 0.3) is 0 Å². The van der Waals surface area contributed by atoms with Crippen molar-refractivity contribution < 1.29 is 4.74 Å². The topological polar surface area (TPSA) is 9.23 Å². The average Bonchev–Trinajstić information content (AvgIpc) is 3.35. The zero-order valence-corrected chi connectivity index (χ0v) is 16.8. The summed E-state index contributed by atoms with van der Waals surface area (Å²) < 4.78 is 6.48. The van der Waals surface area contributed by atoms with Crippen molar-refractivity contribution in [2.24, 2.45) is 39.4 Å². The number of ether oxygens (including phenoxy) is 1. The maximum atomic E-state index is 6.48. The zero-order chi connectivity index (χ0) is 17.1. The quantitative estimate of drug-likeness (QED) is 0.539. The van der Waals surface area contributed by atoms with Gasteiger partial charge in [-0.05, 0) is 98.2 Å². The van der Waals surface area contributed by atoms with Crippen molar-refractivity contribution in [3.63, 3.8) is 0 Å². The van der Waals surface area contributed by atoms with Gasteiger partial charge in [-0.2, -0.15) is 0 Å². The Morgan fingerprint density at radius 2 is 1.64 bits per heavy atom. The van der Waals surface area contributed by atoms with Crippen LogP contribution in [0.4, 0.5) is 0 Å². The Kier molecular flexibility index (Phi) is 2.99. The molecule has 25 heavy (non-hydrogen) atoms. The van der Waals surface area contributed by atoms with E-state index >= 15 is 0 Å². The van der Waals surface area contributed by atoms with Gasteiger partial charge >= 0.3 is 0 Å². The maximum Gasteiger partial charge on any atom is 0.0642 e. The first-order valence-electron chi connectivity index (χ1n) is 11.5. The summed E-state index contributed by atoms with van der Waals surface area (Å²) in [5, 5.41) is 0. The van der Waals surface area contributed by atoms with Crippen LogP contribution in [0.5, 0.6) is 0 Å². The third-order valence-electron chi connectivity index (χ3n) is 11.4. The summed E-state index contributed by atoms with van der Waals surface area (Å²) in [4.78, 5) is 0. The summed E-state index contributed by atoms with van der Waals surface area (Å²) in [5.74, 6) is 3.11. The molecule has 0 N–H and O–H groups in total. The van der Waals surface area contributed by atoms with Crippen molar-refractivity contribution in [3.05, 3.63) is 0 Å². The monoisotopic (exact) mass is 342 g/mol. The van der Waals surface area contributed by atoms with Gasteiger partial charge in [-0.3, -0.25) is 0 Å². The van der Waals surface area contributed by atoms with Crippen molar-refractivity contribution in [1.82, 2.24) is 0 Å². The molecule has 0 aromatic rings. The molecule has 0 aromatic heterocycles. The van der Waals surface area contributed by atoms with Gasteiger partial charge in [0.1, 0.15) is 0 Å². The Morgan fingerprint density at radius 3 is 2.28 bits per heavy atom. The molecule has 1 heteroatoms. The first-order chi connectivity index (χ1) is 11.9. The van der Waals surface area contributed by atoms with Gasteiger partial charge in [-0.25, -0.2) is 0 Å². The molecule has 6 rings (SSSR count). The van der Waals surface area contributed by atoms with Gasteiger partial charge in [-0.1, -0.05) is 33.6 Å². The summed E-state index contributed by atoms with van der Waals surface area (Å²) in [6.45, 7) is 8.06. The molecule has 4 bridgehead atoms. The molecule has 140 valence electrons. The lowest BCUT2D eigenvalue weighted by molar-refractivity contribution is -0.0392. The summed E-state index contributed by atoms with van der Waals surface area (Å²) in [7, 11) is 0. The lowest BCUT2D eigenvalue weighted by Gasteiger charge is -2.50. The molecular formula is C24H38O. The van der Waals surface area contributed by atoms with Crippen molar-refractivity contribution in [1.29, 1.82) is 0 Å². The van der Waals surface area contributed by atoms with E-state index in [9.17, 15) is 0 Å². The van der Waals surface area contributed by atoms with Gasteiger partial charge < -0.3 is 4.74 Å². The van der Waals surface area contributed by atoms with Crippen molar-refractivity contribution in [3.8, 4) is 0 Å². The van der Waals surface area contributed by atoms with Crippen LogP contribution in [0, 0.1) is 39.4 Å². The molecule has 4 saturated carbocycles. The van der Waals surface area contributed by atoms with Gasteiger partial charge in [0.25, 0.3) is 0 Å². The minimum absolute atomic E-state index is 0.555. The van der Waals surface area contributed by atoms with E-state index in [1.807, 2.05) is 0 Å². The predicted octanol–water partition coefficient (Wildman–Crippen LogP) is 6.36. The van der Waals surface area contributed by atoms with Crippen LogP contribution in [0.3, 0.4) is 0 Å². The van der Waals surface area contributed by atoms with Crippen LogP contribution in [-0.2, 0) is 4.74 Å². The Bertz CT molecular complexity index is 595. The van der Waals surface area contributed by atoms with E-state index in [4.69, 9.17) is 4.74 Å². The smallest absolute Gasteiger partial charge is 0.0642 e. The highest BCUT2D eigenvalue weighted by Crippen LogP contribution is 2.76. The second kappa shape index (κ2) is 4.68. The summed E-state index contributed by atoms with van der Waals surface area (Å²) >= 11 is 0. The van der Waals surface area contributed by atoms with Crippen LogP contribution in [0.1, 0.15) is 97.8 Å². The molecular weight excluding hydrogens is 304 g/mol. The third-order valence-corrected chi connectivity index (χ3v) is 11.4. The first kappa shape index (κ1) is 16.0. The van der Waals surface area contributed by atoms with Crippen LogP contribution in [0.2, 0.25) is 0 Å². The van der Waals surface area contributed by atoms with Crippen LogP contribution >= 0.6 is 0 Å². The number of hydrogen-bond acceptors (Lipinski definition) is 1. The number of rotatable bonds is 1. The number of fused-ring (bicyclic) bond motifs is 6. The minimum Gasteiger partial charge on any atom is -0.374 e. The van der Waals surface area contributed by atoms with E-state index in [0.717, 1.165) is 17.8 Å². The van der Waals surface area contributed by atoms with E-state index in [0.29, 0.717) is 33.9 Å². The highest BCUT2D eigenvalue weighted by Gasteiger charge is 2.70. The van der Waals surface area contributed by atoms with E-state index in [1.54, 1.807) is 32.1 Å². The molecule has 2 heterocycles. The highest BCUT2D eigenvalue weighted by atomic mass is 16.5. The predicted molar refractivity (Wildman–Crippen MR) is 101 cm³/mol. The number of hydrogen-bond donors (Lipinski definition) is 0. The lowest BCUT2D eigenvalue weighted by atomic mass is 9.54. The van der Waals surface area contributed by atoms with Gasteiger partial charge in [-0.15, -0.1) is 0 Å². The van der Waals surface area contributed by atoms with E-state index in [-0.39, 0.29) is 0 Å². The Balaban J connectivity index is 1.36. The highest BCUT2D eigenvalue weighted by molar-refractivity contribution is 5.19. The van der Waals surface area contributed by atoms with Crippen molar-refractivity contribution in [2.75, 3.05) is 0 Å². The van der Waals surface area contributed by atoms with Gasteiger partial charge in [0, 0.05) is 5.41 Å². The molecule has 0 amide bonds. The van der Waals surface area contributed by atoms with E-state index in [2.05, 4.69) is 20.8 Å². The summed E-state index contributed by atoms with van der Waals surface area (Å²) in [5.41, 5.74) is 2.39. The average molecular weight is 343 g/mol. The Labute approximate surface area is 154 Å². The lowest BCUT2D eigenvalue weighted by Crippen LogP contribution is -2.47. The van der Waals surface area contributed by atoms with Gasteiger partial charge in [0.2, 0.25) is 0 Å². The molecule has 0 aromatic carbocycles. The molecule has 8 unspecified atom stereocenters. The van der Waals surface area contributed by atoms with E-state index < -0.39 is 0 Å². The molecule has 8 atom stereocenters.